The number of aliphatic hydroxyl groups is 4. The molecule has 0 aromatic carbocycles. The lowest BCUT2D eigenvalue weighted by molar-refractivity contribution is -0.265. The molecule has 0 spiro atoms. The molecule has 44 heavy (non-hydrogen) atoms. The van der Waals surface area contributed by atoms with Crippen molar-refractivity contribution in [2.24, 2.45) is 5.73 Å². The summed E-state index contributed by atoms with van der Waals surface area (Å²) in [6.07, 6.45) is 4.13. The van der Waals surface area contributed by atoms with Gasteiger partial charge in [0.25, 0.3) is 0 Å². The molecule has 0 aromatic heterocycles. The number of unbranched alkanes of at least 4 members (excludes halogenated alkanes) is 7. The van der Waals surface area contributed by atoms with Crippen LogP contribution >= 0.6 is 0 Å². The Balaban J connectivity index is 2.05. The van der Waals surface area contributed by atoms with E-state index in [1.165, 1.54) is 32.1 Å². The molecule has 8 N–H and O–H groups in total. The zero-order chi connectivity index (χ0) is 32.3. The van der Waals surface area contributed by atoms with Crippen molar-refractivity contribution in [2.75, 3.05) is 85.1 Å². The molecular formula is C30H59N5O9. The van der Waals surface area contributed by atoms with Crippen LogP contribution in [0.1, 0.15) is 64.2 Å². The van der Waals surface area contributed by atoms with E-state index < -0.39 is 49.2 Å². The molecule has 2 rings (SSSR count). The number of carboxylic acid groups (broad SMARTS) is 2. The van der Waals surface area contributed by atoms with Crippen LogP contribution in [0.4, 0.5) is 0 Å². The maximum Gasteiger partial charge on any atom is 0.317 e. The van der Waals surface area contributed by atoms with Gasteiger partial charge in [-0.1, -0.05) is 38.5 Å². The number of hydrogen-bond acceptors (Lipinski definition) is 12. The molecule has 0 amide bonds. The monoisotopic (exact) mass is 633 g/mol. The van der Waals surface area contributed by atoms with E-state index in [9.17, 15) is 40.2 Å². The molecule has 0 aromatic rings. The van der Waals surface area contributed by atoms with Crippen LogP contribution in [0.5, 0.6) is 0 Å². The lowest BCUT2D eigenvalue weighted by Crippen LogP contribution is -2.64. The topological polar surface area (TPSA) is 204 Å². The van der Waals surface area contributed by atoms with Gasteiger partial charge in [0.2, 0.25) is 0 Å². The average molecular weight is 634 g/mol. The van der Waals surface area contributed by atoms with E-state index in [4.69, 9.17) is 10.5 Å². The number of carboxylic acids is 2. The van der Waals surface area contributed by atoms with Gasteiger partial charge in [0.1, 0.15) is 30.6 Å². The predicted octanol–water partition coefficient (Wildman–Crippen LogP) is -0.963. The Morgan fingerprint density at radius 2 is 1.14 bits per heavy atom. The van der Waals surface area contributed by atoms with Crippen LogP contribution in [0.15, 0.2) is 0 Å². The average Bonchev–Trinajstić information content (AvgIpc) is 2.98. The molecule has 14 heteroatoms. The third-order valence-corrected chi connectivity index (χ3v) is 8.68. The fourth-order valence-corrected chi connectivity index (χ4v) is 6.12. The zero-order valence-electron chi connectivity index (χ0n) is 26.4. The normalized spacial score (nSPS) is 28.1. The molecule has 2 aliphatic rings. The highest BCUT2D eigenvalue weighted by Crippen LogP contribution is 2.24. The van der Waals surface area contributed by atoms with Gasteiger partial charge in [0.05, 0.1) is 19.7 Å². The minimum absolute atomic E-state index is 0.0928. The van der Waals surface area contributed by atoms with E-state index in [-0.39, 0.29) is 13.1 Å². The number of ether oxygens (including phenoxy) is 1. The van der Waals surface area contributed by atoms with Crippen molar-refractivity contribution < 1.29 is 45.0 Å². The van der Waals surface area contributed by atoms with E-state index in [0.29, 0.717) is 52.2 Å². The van der Waals surface area contributed by atoms with Crippen LogP contribution < -0.4 is 5.73 Å². The minimum atomic E-state index is -1.52. The quantitative estimate of drug-likeness (QED) is 0.102. The third-order valence-electron chi connectivity index (χ3n) is 8.68. The van der Waals surface area contributed by atoms with Gasteiger partial charge in [-0.2, -0.15) is 0 Å². The first-order chi connectivity index (χ1) is 21.2. The molecule has 0 aliphatic carbocycles. The second-order valence-corrected chi connectivity index (χ2v) is 12.3. The van der Waals surface area contributed by atoms with Gasteiger partial charge in [-0.05, 0) is 45.3 Å². The summed E-state index contributed by atoms with van der Waals surface area (Å²) >= 11 is 0. The number of carbonyl (C=O) groups is 2. The Morgan fingerprint density at radius 1 is 0.636 bits per heavy atom. The Morgan fingerprint density at radius 3 is 1.70 bits per heavy atom. The number of nitrogens with zero attached hydrogens (tertiary/aromatic N) is 4. The molecule has 2 fully saturated rings. The van der Waals surface area contributed by atoms with E-state index in [1.54, 1.807) is 4.90 Å². The molecule has 2 saturated heterocycles. The zero-order valence-corrected chi connectivity index (χ0v) is 26.4. The summed E-state index contributed by atoms with van der Waals surface area (Å²) in [4.78, 5) is 31.2. The SMILES string of the molecule is NCCCCCCCCCCN1CCCN(CC(=O)O)CCN([C@@H]2O[C@H](CO)[C@@H](O)[C@H](O)[C@H]2O)CCCN(CC(=O)O)CC1. The van der Waals surface area contributed by atoms with Gasteiger partial charge < -0.3 is 46.0 Å². The van der Waals surface area contributed by atoms with Crippen molar-refractivity contribution in [3.63, 3.8) is 0 Å². The van der Waals surface area contributed by atoms with E-state index in [2.05, 4.69) is 4.90 Å². The minimum Gasteiger partial charge on any atom is -0.480 e. The van der Waals surface area contributed by atoms with E-state index in [0.717, 1.165) is 45.3 Å². The second-order valence-electron chi connectivity index (χ2n) is 12.3. The Kier molecular flexibility index (Phi) is 19.5. The number of aliphatic hydroxyl groups excluding tert-OH is 4. The summed E-state index contributed by atoms with van der Waals surface area (Å²) in [6, 6.07) is 0. The first-order valence-electron chi connectivity index (χ1n) is 16.5. The van der Waals surface area contributed by atoms with Crippen molar-refractivity contribution in [3.8, 4) is 0 Å². The molecule has 0 radical (unpaired) electrons. The van der Waals surface area contributed by atoms with Crippen molar-refractivity contribution in [3.05, 3.63) is 0 Å². The number of aliphatic carboxylic acids is 2. The van der Waals surface area contributed by atoms with Gasteiger partial charge >= 0.3 is 11.9 Å². The van der Waals surface area contributed by atoms with Crippen molar-refractivity contribution >= 4 is 11.9 Å². The highest BCUT2D eigenvalue weighted by atomic mass is 16.6. The van der Waals surface area contributed by atoms with Crippen LogP contribution in [0.3, 0.4) is 0 Å². The highest BCUT2D eigenvalue weighted by molar-refractivity contribution is 5.69. The summed E-state index contributed by atoms with van der Waals surface area (Å²) in [5, 5.41) is 60.1. The van der Waals surface area contributed by atoms with Gasteiger partial charge in [-0.3, -0.25) is 24.3 Å². The molecule has 14 nitrogen and oxygen atoms in total. The van der Waals surface area contributed by atoms with Crippen LogP contribution in [-0.4, -0.2) is 178 Å². The molecule has 2 aliphatic heterocycles. The number of nitrogens with two attached hydrogens (primary N) is 1. The predicted molar refractivity (Wildman–Crippen MR) is 165 cm³/mol. The number of hydrogen-bond donors (Lipinski definition) is 7. The van der Waals surface area contributed by atoms with Gasteiger partial charge in [-0.25, -0.2) is 0 Å². The van der Waals surface area contributed by atoms with Crippen molar-refractivity contribution in [1.29, 1.82) is 0 Å². The molecule has 2 heterocycles. The smallest absolute Gasteiger partial charge is 0.317 e. The maximum absolute atomic E-state index is 11.7. The summed E-state index contributed by atoms with van der Waals surface area (Å²) in [7, 11) is 0. The maximum atomic E-state index is 11.7. The molecular weight excluding hydrogens is 574 g/mol. The molecule has 5 atom stereocenters. The van der Waals surface area contributed by atoms with Gasteiger partial charge in [-0.15, -0.1) is 0 Å². The standard InChI is InChI=1S/C30H59N5O9/c31-11-7-5-3-1-2-4-6-8-12-32-13-9-14-34(22-26(39)40)19-20-35(16-10-15-33(18-17-32)21-25(37)38)30-29(43)28(42)27(41)24(23-36)44-30/h24,27-30,36,41-43H,1-23,31H2,(H,37,38)(H,39,40)/t24-,27-,28+,29-,30-/m1/s1. The highest BCUT2D eigenvalue weighted by Gasteiger charge is 2.45. The Hall–Kier alpha value is -1.46. The van der Waals surface area contributed by atoms with Gasteiger partial charge in [0.15, 0.2) is 0 Å². The van der Waals surface area contributed by atoms with Crippen LogP contribution in [0.25, 0.3) is 0 Å². The van der Waals surface area contributed by atoms with E-state index >= 15 is 0 Å². The second kappa shape index (κ2) is 22.1. The molecule has 0 unspecified atom stereocenters. The van der Waals surface area contributed by atoms with E-state index in [1.807, 2.05) is 9.80 Å². The first-order valence-corrected chi connectivity index (χ1v) is 16.5. The Bertz CT molecular complexity index is 796. The van der Waals surface area contributed by atoms with Crippen molar-refractivity contribution in [1.82, 2.24) is 19.6 Å². The van der Waals surface area contributed by atoms with Crippen molar-refractivity contribution in [2.45, 2.75) is 94.9 Å². The molecule has 0 bridgehead atoms. The summed E-state index contributed by atoms with van der Waals surface area (Å²) in [5.74, 6) is -1.84. The van der Waals surface area contributed by atoms with Crippen LogP contribution in [0, 0.1) is 0 Å². The Labute approximate surface area is 262 Å². The summed E-state index contributed by atoms with van der Waals surface area (Å²) in [6.45, 7) is 5.03. The largest absolute Gasteiger partial charge is 0.480 e. The van der Waals surface area contributed by atoms with Crippen LogP contribution in [-0.2, 0) is 14.3 Å². The lowest BCUT2D eigenvalue weighted by Gasteiger charge is -2.45. The fourth-order valence-electron chi connectivity index (χ4n) is 6.12. The molecule has 258 valence electrons. The van der Waals surface area contributed by atoms with Gasteiger partial charge in [0, 0.05) is 45.8 Å². The summed E-state index contributed by atoms with van der Waals surface area (Å²) in [5.41, 5.74) is 5.56. The molecule has 0 saturated carbocycles. The third kappa shape index (κ3) is 14.8. The number of rotatable bonds is 16. The first kappa shape index (κ1) is 38.7. The summed E-state index contributed by atoms with van der Waals surface area (Å²) < 4.78 is 5.81. The van der Waals surface area contributed by atoms with Crippen LogP contribution in [0.2, 0.25) is 0 Å². The lowest BCUT2D eigenvalue weighted by atomic mass is 9.97. The fraction of sp³-hybridized carbons (Fsp3) is 0.933.